The lowest BCUT2D eigenvalue weighted by Crippen LogP contribution is -2.51. The monoisotopic (exact) mass is 187 g/mol. The van der Waals surface area contributed by atoms with Gasteiger partial charge in [-0.15, -0.1) is 0 Å². The molecule has 0 aliphatic carbocycles. The molecule has 0 aromatic rings. The van der Waals surface area contributed by atoms with E-state index in [2.05, 4.69) is 0 Å². The fourth-order valence-corrected chi connectivity index (χ4v) is 1.56. The molecule has 0 radical (unpaired) electrons. The standard InChI is InChI=1S/C8H13NO4/c1-5(10)9-4-6(11)2-3-7(9)8(12)13/h6-7,11H,2-4H2,1H3,(H,12,13)/t6?,7-/m0/s1. The van der Waals surface area contributed by atoms with Crippen molar-refractivity contribution in [3.05, 3.63) is 0 Å². The quantitative estimate of drug-likeness (QED) is 0.577. The van der Waals surface area contributed by atoms with Crippen LogP contribution in [0.3, 0.4) is 0 Å². The second-order valence-electron chi connectivity index (χ2n) is 3.26. The Hall–Kier alpha value is -1.10. The lowest BCUT2D eigenvalue weighted by Gasteiger charge is -2.34. The number of piperidine rings is 1. The molecule has 1 rings (SSSR count). The van der Waals surface area contributed by atoms with Gasteiger partial charge in [0.1, 0.15) is 6.04 Å². The zero-order valence-corrected chi connectivity index (χ0v) is 7.43. The Morgan fingerprint density at radius 3 is 2.46 bits per heavy atom. The van der Waals surface area contributed by atoms with Crippen molar-refractivity contribution in [2.24, 2.45) is 0 Å². The fourth-order valence-electron chi connectivity index (χ4n) is 1.56. The fraction of sp³-hybridized carbons (Fsp3) is 0.750. The second kappa shape index (κ2) is 3.74. The number of carbonyl (C=O) groups is 2. The highest BCUT2D eigenvalue weighted by Gasteiger charge is 2.33. The van der Waals surface area contributed by atoms with E-state index in [4.69, 9.17) is 5.11 Å². The first-order chi connectivity index (χ1) is 6.02. The summed E-state index contributed by atoms with van der Waals surface area (Å²) in [4.78, 5) is 22.9. The maximum atomic E-state index is 11.0. The third kappa shape index (κ3) is 2.18. The highest BCUT2D eigenvalue weighted by Crippen LogP contribution is 2.17. The van der Waals surface area contributed by atoms with Gasteiger partial charge in [-0.25, -0.2) is 4.79 Å². The van der Waals surface area contributed by atoms with Crippen molar-refractivity contribution in [3.8, 4) is 0 Å². The summed E-state index contributed by atoms with van der Waals surface area (Å²) in [6.07, 6.45) is 0.191. The third-order valence-corrected chi connectivity index (χ3v) is 2.25. The number of rotatable bonds is 1. The Morgan fingerprint density at radius 1 is 1.38 bits per heavy atom. The number of carboxylic acids is 1. The Balaban J connectivity index is 2.72. The summed E-state index contributed by atoms with van der Waals surface area (Å²) in [6, 6.07) is -0.763. The lowest BCUT2D eigenvalue weighted by molar-refractivity contribution is -0.153. The van der Waals surface area contributed by atoms with Crippen molar-refractivity contribution in [2.45, 2.75) is 31.9 Å². The number of hydrogen-bond donors (Lipinski definition) is 2. The minimum absolute atomic E-state index is 0.131. The maximum Gasteiger partial charge on any atom is 0.326 e. The van der Waals surface area contributed by atoms with Crippen LogP contribution in [0.2, 0.25) is 0 Å². The summed E-state index contributed by atoms with van der Waals surface area (Å²) < 4.78 is 0. The van der Waals surface area contributed by atoms with Crippen LogP contribution in [0.5, 0.6) is 0 Å². The topological polar surface area (TPSA) is 77.8 Å². The van der Waals surface area contributed by atoms with Crippen LogP contribution in [-0.4, -0.2) is 45.7 Å². The van der Waals surface area contributed by atoms with Gasteiger partial charge in [0.15, 0.2) is 0 Å². The third-order valence-electron chi connectivity index (χ3n) is 2.25. The molecule has 0 bridgehead atoms. The Morgan fingerprint density at radius 2 is 2.00 bits per heavy atom. The number of β-amino-alcohol motifs (C(OH)–C–C–N with tert-alkyl or cyclic N) is 1. The molecule has 1 saturated heterocycles. The molecular weight excluding hydrogens is 174 g/mol. The molecule has 1 aliphatic heterocycles. The molecule has 1 amide bonds. The van der Waals surface area contributed by atoms with Gasteiger partial charge < -0.3 is 15.1 Å². The molecular formula is C8H13NO4. The Labute approximate surface area is 76.0 Å². The van der Waals surface area contributed by atoms with Crippen LogP contribution >= 0.6 is 0 Å². The minimum Gasteiger partial charge on any atom is -0.480 e. The molecule has 2 N–H and O–H groups in total. The van der Waals surface area contributed by atoms with E-state index in [9.17, 15) is 14.7 Å². The smallest absolute Gasteiger partial charge is 0.326 e. The van der Waals surface area contributed by atoms with E-state index in [-0.39, 0.29) is 12.5 Å². The summed E-state index contributed by atoms with van der Waals surface area (Å²) in [5.74, 6) is -1.30. The normalized spacial score (nSPS) is 28.6. The number of amides is 1. The van der Waals surface area contributed by atoms with Crippen molar-refractivity contribution >= 4 is 11.9 Å². The SMILES string of the molecule is CC(=O)N1CC(O)CC[C@H]1C(=O)O. The number of aliphatic carboxylic acids is 1. The molecule has 1 heterocycles. The van der Waals surface area contributed by atoms with Crippen molar-refractivity contribution in [3.63, 3.8) is 0 Å². The molecule has 1 unspecified atom stereocenters. The van der Waals surface area contributed by atoms with E-state index in [1.807, 2.05) is 0 Å². The summed E-state index contributed by atoms with van der Waals surface area (Å²) in [5.41, 5.74) is 0. The van der Waals surface area contributed by atoms with Gasteiger partial charge in [-0.1, -0.05) is 0 Å². The van der Waals surface area contributed by atoms with Gasteiger partial charge in [0.2, 0.25) is 5.91 Å². The molecule has 2 atom stereocenters. The van der Waals surface area contributed by atoms with Crippen LogP contribution in [0, 0.1) is 0 Å². The first-order valence-corrected chi connectivity index (χ1v) is 4.20. The first kappa shape index (κ1) is 9.98. The van der Waals surface area contributed by atoms with E-state index in [0.29, 0.717) is 12.8 Å². The maximum absolute atomic E-state index is 11.0. The van der Waals surface area contributed by atoms with Gasteiger partial charge in [0.25, 0.3) is 0 Å². The van der Waals surface area contributed by atoms with Crippen molar-refractivity contribution < 1.29 is 19.8 Å². The summed E-state index contributed by atoms with van der Waals surface area (Å²) in [7, 11) is 0. The minimum atomic E-state index is -0.998. The average molecular weight is 187 g/mol. The predicted octanol–water partition coefficient (Wildman–Crippen LogP) is -0.557. The van der Waals surface area contributed by atoms with Gasteiger partial charge in [0.05, 0.1) is 6.10 Å². The first-order valence-electron chi connectivity index (χ1n) is 4.20. The second-order valence-corrected chi connectivity index (χ2v) is 3.26. The highest BCUT2D eigenvalue weighted by atomic mass is 16.4. The van der Waals surface area contributed by atoms with Crippen LogP contribution in [0.1, 0.15) is 19.8 Å². The summed E-state index contributed by atoms with van der Waals surface area (Å²) in [6.45, 7) is 1.44. The Bertz CT molecular complexity index is 228. The molecule has 5 nitrogen and oxygen atoms in total. The average Bonchev–Trinajstić information content (AvgIpc) is 2.03. The van der Waals surface area contributed by atoms with Crippen LogP contribution in [-0.2, 0) is 9.59 Å². The van der Waals surface area contributed by atoms with Gasteiger partial charge in [-0.05, 0) is 12.8 Å². The van der Waals surface area contributed by atoms with E-state index >= 15 is 0 Å². The molecule has 0 saturated carbocycles. The molecule has 0 aromatic carbocycles. The molecule has 5 heteroatoms. The van der Waals surface area contributed by atoms with E-state index in [1.54, 1.807) is 0 Å². The van der Waals surface area contributed by atoms with E-state index in [0.717, 1.165) is 0 Å². The van der Waals surface area contributed by atoms with Crippen molar-refractivity contribution in [1.82, 2.24) is 4.90 Å². The molecule has 1 fully saturated rings. The Kier molecular flexibility index (Phi) is 2.87. The van der Waals surface area contributed by atoms with Gasteiger partial charge in [-0.2, -0.15) is 0 Å². The van der Waals surface area contributed by atoms with Crippen LogP contribution in [0.4, 0.5) is 0 Å². The molecule has 1 aliphatic rings. The zero-order valence-electron chi connectivity index (χ0n) is 7.43. The molecule has 0 aromatic heterocycles. The number of hydrogen-bond acceptors (Lipinski definition) is 3. The number of nitrogens with zero attached hydrogens (tertiary/aromatic N) is 1. The van der Waals surface area contributed by atoms with Gasteiger partial charge in [0, 0.05) is 13.5 Å². The number of likely N-dealkylation sites (tertiary alicyclic amines) is 1. The van der Waals surface area contributed by atoms with E-state index in [1.165, 1.54) is 11.8 Å². The molecule has 0 spiro atoms. The number of aliphatic hydroxyl groups excluding tert-OH is 1. The summed E-state index contributed by atoms with van der Waals surface area (Å²) >= 11 is 0. The predicted molar refractivity (Wildman–Crippen MR) is 44.1 cm³/mol. The van der Waals surface area contributed by atoms with E-state index < -0.39 is 18.1 Å². The zero-order chi connectivity index (χ0) is 10.0. The highest BCUT2D eigenvalue weighted by molar-refractivity contribution is 5.82. The largest absolute Gasteiger partial charge is 0.480 e. The molecule has 13 heavy (non-hydrogen) atoms. The van der Waals surface area contributed by atoms with Crippen LogP contribution in [0.25, 0.3) is 0 Å². The molecule has 74 valence electrons. The van der Waals surface area contributed by atoms with Crippen molar-refractivity contribution in [2.75, 3.05) is 6.54 Å². The lowest BCUT2D eigenvalue weighted by atomic mass is 10.0. The van der Waals surface area contributed by atoms with Gasteiger partial charge in [-0.3, -0.25) is 4.79 Å². The number of carboxylic acid groups (broad SMARTS) is 1. The number of carbonyl (C=O) groups excluding carboxylic acids is 1. The van der Waals surface area contributed by atoms with Gasteiger partial charge >= 0.3 is 5.97 Å². The summed E-state index contributed by atoms with van der Waals surface area (Å²) in [5, 5.41) is 18.0. The number of aliphatic hydroxyl groups is 1. The van der Waals surface area contributed by atoms with Crippen LogP contribution in [0.15, 0.2) is 0 Å². The van der Waals surface area contributed by atoms with Crippen LogP contribution < -0.4 is 0 Å². The van der Waals surface area contributed by atoms with Crippen molar-refractivity contribution in [1.29, 1.82) is 0 Å².